The molecule has 1 fully saturated rings. The molecule has 6 nitrogen and oxygen atoms in total. The second-order valence-corrected chi connectivity index (χ2v) is 6.90. The van der Waals surface area contributed by atoms with Gasteiger partial charge < -0.3 is 19.7 Å². The van der Waals surface area contributed by atoms with Crippen molar-refractivity contribution in [3.05, 3.63) is 41.7 Å². The van der Waals surface area contributed by atoms with Gasteiger partial charge in [-0.05, 0) is 32.4 Å². The van der Waals surface area contributed by atoms with Crippen molar-refractivity contribution in [2.75, 3.05) is 31.6 Å². The lowest BCUT2D eigenvalue weighted by Gasteiger charge is -2.26. The highest BCUT2D eigenvalue weighted by molar-refractivity contribution is 5.74. The molecule has 2 aliphatic rings. The third kappa shape index (κ3) is 4.46. The van der Waals surface area contributed by atoms with Crippen molar-refractivity contribution in [3.8, 4) is 5.75 Å². The molecule has 0 aromatic heterocycles. The van der Waals surface area contributed by atoms with E-state index in [9.17, 15) is 13.6 Å². The molecule has 0 saturated carbocycles. The van der Waals surface area contributed by atoms with Crippen molar-refractivity contribution >= 4 is 17.5 Å². The van der Waals surface area contributed by atoms with Gasteiger partial charge in [0.25, 0.3) is 6.43 Å². The average Bonchev–Trinajstić information content (AvgIpc) is 3.00. The quantitative estimate of drug-likeness (QED) is 0.752. The molecule has 1 atom stereocenters. The molecule has 2 aliphatic heterocycles. The van der Waals surface area contributed by atoms with Crippen LogP contribution in [0.1, 0.15) is 32.8 Å². The van der Waals surface area contributed by atoms with Crippen molar-refractivity contribution in [1.29, 1.82) is 0 Å². The molecule has 1 unspecified atom stereocenters. The van der Waals surface area contributed by atoms with Gasteiger partial charge in [-0.1, -0.05) is 13.0 Å². The summed E-state index contributed by atoms with van der Waals surface area (Å²) in [6.45, 7) is 7.16. The van der Waals surface area contributed by atoms with Gasteiger partial charge in [-0.25, -0.2) is 13.6 Å². The Hall–Kier alpha value is -2.77. The van der Waals surface area contributed by atoms with Crippen molar-refractivity contribution in [1.82, 2.24) is 9.80 Å². The molecule has 1 aromatic rings. The third-order valence-corrected chi connectivity index (χ3v) is 4.85. The Kier molecular flexibility index (Phi) is 6.61. The predicted octanol–water partition coefficient (Wildman–Crippen LogP) is 4.51. The zero-order valence-corrected chi connectivity index (χ0v) is 17.0. The Labute approximate surface area is 169 Å². The Morgan fingerprint density at radius 3 is 2.83 bits per heavy atom. The number of hydrogen-bond acceptors (Lipinski definition) is 5. The number of anilines is 1. The highest BCUT2D eigenvalue weighted by Crippen LogP contribution is 2.35. The number of carbonyl (C=O) groups excluding carboxylic acids is 1. The molecule has 1 N–H and O–H groups in total. The minimum absolute atomic E-state index is 0.307. The van der Waals surface area contributed by atoms with Crippen LogP contribution in [0.2, 0.25) is 0 Å². The Balaban J connectivity index is 1.95. The number of amides is 1. The topological polar surface area (TPSA) is 54.0 Å². The minimum atomic E-state index is -2.67. The molecular formula is C21H27F2N3O3. The smallest absolute Gasteiger partial charge is 0.414 e. The van der Waals surface area contributed by atoms with Crippen LogP contribution in [0.15, 0.2) is 36.2 Å². The lowest BCUT2D eigenvalue weighted by atomic mass is 10.1. The maximum atomic E-state index is 13.3. The van der Waals surface area contributed by atoms with E-state index in [4.69, 9.17) is 9.47 Å². The largest absolute Gasteiger partial charge is 0.491 e. The Morgan fingerprint density at radius 2 is 2.14 bits per heavy atom. The van der Waals surface area contributed by atoms with Crippen molar-refractivity contribution < 1.29 is 23.0 Å². The maximum absolute atomic E-state index is 13.3. The molecule has 0 radical (unpaired) electrons. The summed E-state index contributed by atoms with van der Waals surface area (Å²) in [6, 6.07) is 4.67. The Bertz CT molecular complexity index is 810. The van der Waals surface area contributed by atoms with Gasteiger partial charge >= 0.3 is 6.09 Å². The van der Waals surface area contributed by atoms with Crippen LogP contribution < -0.4 is 10.1 Å². The second-order valence-electron chi connectivity index (χ2n) is 6.90. The third-order valence-electron chi connectivity index (χ3n) is 4.85. The summed E-state index contributed by atoms with van der Waals surface area (Å²) in [4.78, 5) is 15.0. The van der Waals surface area contributed by atoms with E-state index >= 15 is 0 Å². The SMILES string of the molecule is CC/C=C1\c2ccc(NCC)cc2OCCN1/C=C(\C)N1C(=O)OCC1C(F)F. The van der Waals surface area contributed by atoms with E-state index in [0.717, 1.165) is 40.6 Å². The highest BCUT2D eigenvalue weighted by Gasteiger charge is 2.40. The number of nitrogens with one attached hydrogen (secondary N) is 1. The average molecular weight is 407 g/mol. The zero-order valence-electron chi connectivity index (χ0n) is 17.0. The van der Waals surface area contributed by atoms with E-state index in [2.05, 4.69) is 11.4 Å². The number of nitrogens with zero attached hydrogens (tertiary/aromatic N) is 2. The van der Waals surface area contributed by atoms with Crippen LogP contribution in [0.4, 0.5) is 19.3 Å². The monoisotopic (exact) mass is 407 g/mol. The van der Waals surface area contributed by atoms with Crippen LogP contribution in [0, 0.1) is 0 Å². The molecule has 2 heterocycles. The van der Waals surface area contributed by atoms with E-state index in [-0.39, 0.29) is 6.61 Å². The van der Waals surface area contributed by atoms with Crippen molar-refractivity contribution in [2.24, 2.45) is 0 Å². The van der Waals surface area contributed by atoms with Crippen molar-refractivity contribution in [2.45, 2.75) is 39.7 Å². The fourth-order valence-electron chi connectivity index (χ4n) is 3.57. The van der Waals surface area contributed by atoms with Crippen LogP contribution in [-0.2, 0) is 4.74 Å². The van der Waals surface area contributed by atoms with Gasteiger partial charge in [-0.3, -0.25) is 4.90 Å². The molecule has 0 spiro atoms. The number of fused-ring (bicyclic) bond motifs is 1. The van der Waals surface area contributed by atoms with Gasteiger partial charge in [0.1, 0.15) is 25.0 Å². The second kappa shape index (κ2) is 9.15. The van der Waals surface area contributed by atoms with Crippen LogP contribution >= 0.6 is 0 Å². The fourth-order valence-corrected chi connectivity index (χ4v) is 3.57. The maximum Gasteiger partial charge on any atom is 0.414 e. The number of rotatable bonds is 6. The number of alkyl halides is 2. The predicted molar refractivity (Wildman–Crippen MR) is 108 cm³/mol. The first-order valence-corrected chi connectivity index (χ1v) is 9.86. The Morgan fingerprint density at radius 1 is 1.34 bits per heavy atom. The summed E-state index contributed by atoms with van der Waals surface area (Å²) >= 11 is 0. The molecule has 1 aromatic carbocycles. The number of halogens is 2. The van der Waals surface area contributed by atoms with Gasteiger partial charge in [0.15, 0.2) is 0 Å². The van der Waals surface area contributed by atoms with E-state index in [1.165, 1.54) is 0 Å². The summed E-state index contributed by atoms with van der Waals surface area (Å²) in [7, 11) is 0. The highest BCUT2D eigenvalue weighted by atomic mass is 19.3. The fraction of sp³-hybridized carbons (Fsp3) is 0.476. The minimum Gasteiger partial charge on any atom is -0.491 e. The summed E-state index contributed by atoms with van der Waals surface area (Å²) in [5.74, 6) is 0.766. The van der Waals surface area contributed by atoms with Crippen LogP contribution in [0.3, 0.4) is 0 Å². The molecular weight excluding hydrogens is 380 g/mol. The summed E-state index contributed by atoms with van der Waals surface area (Å²) in [6.07, 6.45) is 1.16. The summed E-state index contributed by atoms with van der Waals surface area (Å²) in [5.41, 5.74) is 3.22. The number of cyclic esters (lactones) is 1. The molecule has 158 valence electrons. The molecule has 0 aliphatic carbocycles. The van der Waals surface area contributed by atoms with Crippen molar-refractivity contribution in [3.63, 3.8) is 0 Å². The molecule has 1 saturated heterocycles. The first-order valence-electron chi connectivity index (χ1n) is 9.86. The van der Waals surface area contributed by atoms with Crippen LogP contribution in [-0.4, -0.2) is 54.7 Å². The molecule has 8 heteroatoms. The molecule has 0 bridgehead atoms. The normalized spacial score (nSPS) is 21.2. The van der Waals surface area contributed by atoms with E-state index in [0.29, 0.717) is 18.8 Å². The van der Waals surface area contributed by atoms with Gasteiger partial charge in [-0.15, -0.1) is 0 Å². The van der Waals surface area contributed by atoms with Gasteiger partial charge in [0.2, 0.25) is 0 Å². The number of carbonyl (C=O) groups is 1. The lowest BCUT2D eigenvalue weighted by molar-refractivity contribution is 0.0696. The van der Waals surface area contributed by atoms with Crippen LogP contribution in [0.25, 0.3) is 5.70 Å². The molecule has 29 heavy (non-hydrogen) atoms. The zero-order chi connectivity index (χ0) is 21.0. The lowest BCUT2D eigenvalue weighted by Crippen LogP contribution is -2.38. The van der Waals surface area contributed by atoms with Gasteiger partial charge in [0.05, 0.1) is 6.54 Å². The first kappa shape index (κ1) is 21.0. The van der Waals surface area contributed by atoms with E-state index in [1.807, 2.05) is 36.9 Å². The number of benzene rings is 1. The number of ether oxygens (including phenoxy) is 2. The van der Waals surface area contributed by atoms with E-state index < -0.39 is 18.6 Å². The number of allylic oxidation sites excluding steroid dienone is 2. The van der Waals surface area contributed by atoms with Crippen LogP contribution in [0.5, 0.6) is 5.75 Å². The summed E-state index contributed by atoms with van der Waals surface area (Å²) < 4.78 is 37.4. The first-order chi connectivity index (χ1) is 14.0. The summed E-state index contributed by atoms with van der Waals surface area (Å²) in [5, 5.41) is 3.27. The van der Waals surface area contributed by atoms with Gasteiger partial charge in [0, 0.05) is 41.5 Å². The standard InChI is InChI=1S/C21H27F2N3O3/c1-4-6-17-16-8-7-15(24-5-2)11-19(16)28-10-9-25(17)12-14(3)26-18(20(22)23)13-29-21(26)27/h6-8,11-12,18,20,24H,4-5,9-10,13H2,1-3H3/b14-12+,17-6+. The number of hydrogen-bond donors (Lipinski definition) is 1. The van der Waals surface area contributed by atoms with E-state index in [1.54, 1.807) is 13.1 Å². The van der Waals surface area contributed by atoms with Gasteiger partial charge in [-0.2, -0.15) is 0 Å². The molecule has 1 amide bonds. The molecule has 3 rings (SSSR count).